The van der Waals surface area contributed by atoms with E-state index in [2.05, 4.69) is 20.9 Å². The van der Waals surface area contributed by atoms with Gasteiger partial charge in [0, 0.05) is 37.3 Å². The molecule has 3 aromatic rings. The standard InChI is InChI=1S/C30H29FN4O4/c1-18-6-3-4-7-22(18)23-11-10-20(14-21(23)17-36)29(38)35-28(32-2)19-9-12-24(25(31)15-19)30(39)33-13-5-8-27(37)26-16-34-26/h3-4,6-7,9-12,14-16,34,36H,5,8,13,17H2,1-2H3,(H,33,39)(H,32,35,38). The fraction of sp³-hybridized carbons (Fsp3) is 0.200. The Morgan fingerprint density at radius 2 is 1.72 bits per heavy atom. The molecule has 8 nitrogen and oxygen atoms in total. The summed E-state index contributed by atoms with van der Waals surface area (Å²) in [5.74, 6) is -1.74. The molecule has 4 N–H and O–H groups in total. The van der Waals surface area contributed by atoms with Crippen molar-refractivity contribution < 1.29 is 23.9 Å². The van der Waals surface area contributed by atoms with Gasteiger partial charge in [-0.1, -0.05) is 36.4 Å². The lowest BCUT2D eigenvalue weighted by Crippen LogP contribution is -2.32. The number of aliphatic hydroxyl groups excluding tert-OH is 1. The number of aliphatic hydroxyl groups is 1. The summed E-state index contributed by atoms with van der Waals surface area (Å²) >= 11 is 0. The van der Waals surface area contributed by atoms with E-state index in [0.29, 0.717) is 23.2 Å². The summed E-state index contributed by atoms with van der Waals surface area (Å²) in [7, 11) is 1.46. The lowest BCUT2D eigenvalue weighted by molar-refractivity contribution is -0.115. The summed E-state index contributed by atoms with van der Waals surface area (Å²) in [6.07, 6.45) is 2.33. The third-order valence-corrected chi connectivity index (χ3v) is 6.37. The highest BCUT2D eigenvalue weighted by Crippen LogP contribution is 2.28. The molecule has 1 aliphatic heterocycles. The lowest BCUT2D eigenvalue weighted by Gasteiger charge is -2.14. The summed E-state index contributed by atoms with van der Waals surface area (Å²) in [5, 5.41) is 18.0. The Labute approximate surface area is 225 Å². The summed E-state index contributed by atoms with van der Waals surface area (Å²) in [5.41, 5.74) is 4.45. The van der Waals surface area contributed by atoms with Gasteiger partial charge >= 0.3 is 0 Å². The predicted octanol–water partition coefficient (Wildman–Crippen LogP) is 3.62. The van der Waals surface area contributed by atoms with E-state index in [1.54, 1.807) is 24.4 Å². The van der Waals surface area contributed by atoms with Crippen LogP contribution in [0, 0.1) is 12.7 Å². The zero-order valence-electron chi connectivity index (χ0n) is 21.7. The van der Waals surface area contributed by atoms with Crippen LogP contribution < -0.4 is 16.0 Å². The van der Waals surface area contributed by atoms with Crippen molar-refractivity contribution in [3.8, 4) is 11.1 Å². The van der Waals surface area contributed by atoms with E-state index >= 15 is 0 Å². The van der Waals surface area contributed by atoms with Crippen molar-refractivity contribution in [1.82, 2.24) is 16.0 Å². The first-order valence-electron chi connectivity index (χ1n) is 12.5. The molecule has 0 atom stereocenters. The van der Waals surface area contributed by atoms with Crippen LogP contribution in [0.5, 0.6) is 0 Å². The average Bonchev–Trinajstić information content (AvgIpc) is 3.79. The van der Waals surface area contributed by atoms with Crippen LogP contribution >= 0.6 is 0 Å². The minimum absolute atomic E-state index is 0.0250. The maximum atomic E-state index is 14.8. The van der Waals surface area contributed by atoms with E-state index in [1.807, 2.05) is 31.2 Å². The summed E-state index contributed by atoms with van der Waals surface area (Å²) < 4.78 is 14.8. The number of amidine groups is 1. The molecule has 2 amide bonds. The average molecular weight is 529 g/mol. The highest BCUT2D eigenvalue weighted by molar-refractivity contribution is 6.13. The van der Waals surface area contributed by atoms with Crippen LogP contribution in [-0.4, -0.2) is 42.1 Å². The number of allylic oxidation sites excluding steroid dienone is 1. The van der Waals surface area contributed by atoms with Gasteiger partial charge in [0.1, 0.15) is 11.7 Å². The molecule has 200 valence electrons. The number of ketones is 1. The van der Waals surface area contributed by atoms with Crippen molar-refractivity contribution in [2.24, 2.45) is 4.99 Å². The van der Waals surface area contributed by atoms with E-state index in [-0.39, 0.29) is 42.3 Å². The van der Waals surface area contributed by atoms with Gasteiger partial charge in [-0.25, -0.2) is 4.39 Å². The number of amides is 2. The van der Waals surface area contributed by atoms with Crippen molar-refractivity contribution in [2.45, 2.75) is 26.4 Å². The first kappa shape index (κ1) is 27.4. The number of carbonyl (C=O) groups excluding carboxylic acids is 3. The molecule has 0 spiro atoms. The quantitative estimate of drug-likeness (QED) is 0.181. The Bertz CT molecular complexity index is 1500. The predicted molar refractivity (Wildman–Crippen MR) is 147 cm³/mol. The molecule has 0 radical (unpaired) electrons. The number of rotatable bonds is 10. The van der Waals surface area contributed by atoms with Gasteiger partial charge in [0.15, 0.2) is 5.78 Å². The normalized spacial score (nSPS) is 12.3. The van der Waals surface area contributed by atoms with Crippen molar-refractivity contribution >= 4 is 23.4 Å². The zero-order valence-corrected chi connectivity index (χ0v) is 21.7. The Hall–Kier alpha value is -4.63. The van der Waals surface area contributed by atoms with E-state index in [1.165, 1.54) is 19.2 Å². The Morgan fingerprint density at radius 1 is 0.974 bits per heavy atom. The number of halogens is 1. The molecule has 3 aromatic carbocycles. The molecule has 0 bridgehead atoms. The van der Waals surface area contributed by atoms with Crippen LogP contribution in [0.25, 0.3) is 11.1 Å². The minimum Gasteiger partial charge on any atom is -0.392 e. The Kier molecular flexibility index (Phi) is 8.63. The number of benzene rings is 3. The fourth-order valence-electron chi connectivity index (χ4n) is 4.16. The van der Waals surface area contributed by atoms with Crippen molar-refractivity contribution in [3.63, 3.8) is 0 Å². The second-order valence-corrected chi connectivity index (χ2v) is 9.05. The fourth-order valence-corrected chi connectivity index (χ4v) is 4.16. The van der Waals surface area contributed by atoms with Crippen LogP contribution in [0.1, 0.15) is 50.2 Å². The number of hydrogen-bond donors (Lipinski definition) is 4. The zero-order chi connectivity index (χ0) is 27.9. The van der Waals surface area contributed by atoms with Crippen LogP contribution in [0.15, 0.2) is 77.6 Å². The lowest BCUT2D eigenvalue weighted by atomic mass is 9.94. The first-order valence-corrected chi connectivity index (χ1v) is 12.5. The minimum atomic E-state index is -0.769. The Balaban J connectivity index is 1.41. The first-order chi connectivity index (χ1) is 18.8. The molecule has 1 heterocycles. The van der Waals surface area contributed by atoms with Crippen LogP contribution in [0.2, 0.25) is 0 Å². The molecule has 1 aliphatic rings. The van der Waals surface area contributed by atoms with Gasteiger partial charge in [0.05, 0.1) is 17.9 Å². The van der Waals surface area contributed by atoms with Gasteiger partial charge < -0.3 is 21.1 Å². The molecule has 0 saturated heterocycles. The molecule has 0 saturated carbocycles. The maximum absolute atomic E-state index is 14.8. The van der Waals surface area contributed by atoms with E-state index in [0.717, 1.165) is 22.8 Å². The molecule has 0 fully saturated rings. The molecule has 4 rings (SSSR count). The molecule has 39 heavy (non-hydrogen) atoms. The molecule has 9 heteroatoms. The van der Waals surface area contributed by atoms with Gasteiger partial charge in [-0.2, -0.15) is 0 Å². The van der Waals surface area contributed by atoms with Crippen molar-refractivity contribution in [3.05, 3.63) is 106 Å². The number of hydrogen-bond acceptors (Lipinski definition) is 6. The van der Waals surface area contributed by atoms with Gasteiger partial charge in [-0.15, -0.1) is 0 Å². The monoisotopic (exact) mass is 528 g/mol. The molecule has 0 aromatic heterocycles. The van der Waals surface area contributed by atoms with Gasteiger partial charge in [0.25, 0.3) is 11.8 Å². The second-order valence-electron chi connectivity index (χ2n) is 9.05. The number of aryl methyl sites for hydroxylation is 1. The van der Waals surface area contributed by atoms with Crippen LogP contribution in [-0.2, 0) is 11.4 Å². The summed E-state index contributed by atoms with van der Waals surface area (Å²) in [6, 6.07) is 16.8. The number of nitrogens with zero attached hydrogens (tertiary/aromatic N) is 1. The van der Waals surface area contributed by atoms with E-state index < -0.39 is 17.6 Å². The topological polar surface area (TPSA) is 130 Å². The summed E-state index contributed by atoms with van der Waals surface area (Å²) in [6.45, 7) is 1.96. The second kappa shape index (κ2) is 12.3. The molecular weight excluding hydrogens is 499 g/mol. The third kappa shape index (κ3) is 6.63. The van der Waals surface area contributed by atoms with E-state index in [4.69, 9.17) is 0 Å². The molecule has 0 unspecified atom stereocenters. The number of aliphatic imine (C=N–C) groups is 1. The number of Topliss-reactive ketones (excluding diaryl/α,β-unsaturated/α-hetero) is 1. The number of nitrogens with one attached hydrogen (secondary N) is 3. The smallest absolute Gasteiger partial charge is 0.256 e. The third-order valence-electron chi connectivity index (χ3n) is 6.37. The van der Waals surface area contributed by atoms with Gasteiger partial charge in [-0.05, 0) is 59.9 Å². The highest BCUT2D eigenvalue weighted by Gasteiger charge is 2.18. The van der Waals surface area contributed by atoms with E-state index in [9.17, 15) is 23.9 Å². The number of carbonyl (C=O) groups is 3. The van der Waals surface area contributed by atoms with Crippen LogP contribution in [0.4, 0.5) is 4.39 Å². The van der Waals surface area contributed by atoms with Gasteiger partial charge in [-0.3, -0.25) is 19.4 Å². The maximum Gasteiger partial charge on any atom is 0.256 e. The van der Waals surface area contributed by atoms with Crippen LogP contribution in [0.3, 0.4) is 0 Å². The van der Waals surface area contributed by atoms with Crippen molar-refractivity contribution in [2.75, 3.05) is 13.6 Å². The summed E-state index contributed by atoms with van der Waals surface area (Å²) in [4.78, 5) is 41.1. The SMILES string of the molecule is CN=C(NC(=O)c1ccc(-c2ccccc2C)c(CO)c1)c1ccc(C(=O)NCCCC(=O)C2=CN2)c(F)c1. The highest BCUT2D eigenvalue weighted by atomic mass is 19.1. The largest absolute Gasteiger partial charge is 0.392 e. The molecular formula is C30H29FN4O4. The van der Waals surface area contributed by atoms with Crippen molar-refractivity contribution in [1.29, 1.82) is 0 Å². The molecule has 0 aliphatic carbocycles. The Morgan fingerprint density at radius 3 is 2.38 bits per heavy atom. The van der Waals surface area contributed by atoms with Gasteiger partial charge in [0.2, 0.25) is 0 Å².